The van der Waals surface area contributed by atoms with Crippen LogP contribution in [0.5, 0.6) is 0 Å². The minimum absolute atomic E-state index is 0.593. The first kappa shape index (κ1) is 15.8. The van der Waals surface area contributed by atoms with Crippen LogP contribution in [-0.2, 0) is 6.42 Å². The molecule has 0 saturated carbocycles. The normalized spacial score (nSPS) is 27.9. The zero-order valence-corrected chi connectivity index (χ0v) is 14.2. The molecule has 0 radical (unpaired) electrons. The summed E-state index contributed by atoms with van der Waals surface area (Å²) in [5, 5.41) is 8.95. The number of fused-ring (bicyclic) bond motifs is 3. The molecular formula is C16H27N5S. The lowest BCUT2D eigenvalue weighted by Gasteiger charge is -2.47. The zero-order valence-electron chi connectivity index (χ0n) is 13.4. The van der Waals surface area contributed by atoms with Gasteiger partial charge in [-0.2, -0.15) is 0 Å². The lowest BCUT2D eigenvalue weighted by Crippen LogP contribution is -2.62. The van der Waals surface area contributed by atoms with E-state index in [2.05, 4.69) is 44.9 Å². The van der Waals surface area contributed by atoms with Gasteiger partial charge in [0.1, 0.15) is 0 Å². The summed E-state index contributed by atoms with van der Waals surface area (Å²) in [6.45, 7) is 10.9. The number of thiophene rings is 1. The summed E-state index contributed by atoms with van der Waals surface area (Å²) in [4.78, 5) is 11.4. The average molecular weight is 321 g/mol. The molecule has 1 unspecified atom stereocenters. The fourth-order valence-electron chi connectivity index (χ4n) is 3.20. The molecule has 5 nitrogen and oxygen atoms in total. The highest BCUT2D eigenvalue weighted by Crippen LogP contribution is 2.15. The minimum Gasteiger partial charge on any atom is -0.357 e. The zero-order chi connectivity index (χ0) is 15.2. The van der Waals surface area contributed by atoms with E-state index in [1.54, 1.807) is 0 Å². The summed E-state index contributed by atoms with van der Waals surface area (Å²) < 4.78 is 0. The van der Waals surface area contributed by atoms with E-state index in [9.17, 15) is 0 Å². The predicted octanol–water partition coefficient (Wildman–Crippen LogP) is 0.846. The first-order valence-corrected chi connectivity index (χ1v) is 9.24. The van der Waals surface area contributed by atoms with Crippen molar-refractivity contribution in [3.63, 3.8) is 0 Å². The molecule has 2 N–H and O–H groups in total. The SMILES string of the molecule is CCNC(=NCC1CN2CCN1CC2)NCCc1cccs1. The van der Waals surface area contributed by atoms with E-state index in [0.717, 1.165) is 32.0 Å². The van der Waals surface area contributed by atoms with Crippen LogP contribution >= 0.6 is 11.3 Å². The molecule has 2 bridgehead atoms. The van der Waals surface area contributed by atoms with Gasteiger partial charge in [0.2, 0.25) is 0 Å². The van der Waals surface area contributed by atoms with Crippen molar-refractivity contribution >= 4 is 17.3 Å². The third-order valence-electron chi connectivity index (χ3n) is 4.44. The lowest BCUT2D eigenvalue weighted by molar-refractivity contribution is 0.0174. The molecule has 4 rings (SSSR count). The molecule has 4 heterocycles. The van der Waals surface area contributed by atoms with Crippen molar-refractivity contribution in [2.75, 3.05) is 52.4 Å². The second kappa shape index (κ2) is 7.94. The Morgan fingerprint density at radius 2 is 2.18 bits per heavy atom. The third-order valence-corrected chi connectivity index (χ3v) is 5.38. The van der Waals surface area contributed by atoms with E-state index in [0.29, 0.717) is 6.04 Å². The number of guanidine groups is 1. The highest BCUT2D eigenvalue weighted by molar-refractivity contribution is 7.09. The molecule has 1 aromatic heterocycles. The van der Waals surface area contributed by atoms with Gasteiger partial charge in [0.15, 0.2) is 5.96 Å². The number of piperazine rings is 3. The van der Waals surface area contributed by atoms with E-state index in [-0.39, 0.29) is 0 Å². The maximum Gasteiger partial charge on any atom is 0.191 e. The predicted molar refractivity (Wildman–Crippen MR) is 93.8 cm³/mol. The monoisotopic (exact) mass is 321 g/mol. The van der Waals surface area contributed by atoms with E-state index in [1.165, 1.54) is 37.6 Å². The van der Waals surface area contributed by atoms with E-state index < -0.39 is 0 Å². The van der Waals surface area contributed by atoms with Crippen molar-refractivity contribution in [2.45, 2.75) is 19.4 Å². The van der Waals surface area contributed by atoms with Gasteiger partial charge in [0.25, 0.3) is 0 Å². The second-order valence-corrected chi connectivity index (χ2v) is 7.00. The molecule has 122 valence electrons. The highest BCUT2D eigenvalue weighted by Gasteiger charge is 2.31. The Labute approximate surface area is 137 Å². The summed E-state index contributed by atoms with van der Waals surface area (Å²) in [7, 11) is 0. The number of nitrogens with zero attached hydrogens (tertiary/aromatic N) is 3. The van der Waals surface area contributed by atoms with Crippen LogP contribution in [0.1, 0.15) is 11.8 Å². The number of hydrogen-bond acceptors (Lipinski definition) is 4. The van der Waals surface area contributed by atoms with Crippen molar-refractivity contribution in [1.29, 1.82) is 0 Å². The van der Waals surface area contributed by atoms with Crippen LogP contribution in [0.25, 0.3) is 0 Å². The Morgan fingerprint density at radius 1 is 1.32 bits per heavy atom. The highest BCUT2D eigenvalue weighted by atomic mass is 32.1. The Bertz CT molecular complexity index is 465. The van der Waals surface area contributed by atoms with Gasteiger partial charge in [-0.3, -0.25) is 14.8 Å². The van der Waals surface area contributed by atoms with Gasteiger partial charge in [0, 0.05) is 56.7 Å². The molecule has 3 saturated heterocycles. The largest absolute Gasteiger partial charge is 0.357 e. The van der Waals surface area contributed by atoms with E-state index in [4.69, 9.17) is 4.99 Å². The average Bonchev–Trinajstić information content (AvgIpc) is 3.07. The number of hydrogen-bond donors (Lipinski definition) is 2. The van der Waals surface area contributed by atoms with Gasteiger partial charge in [-0.15, -0.1) is 11.3 Å². The number of aliphatic imine (C=N–C) groups is 1. The van der Waals surface area contributed by atoms with Crippen LogP contribution < -0.4 is 10.6 Å². The van der Waals surface area contributed by atoms with Gasteiger partial charge in [-0.1, -0.05) is 6.07 Å². The Kier molecular flexibility index (Phi) is 5.70. The van der Waals surface area contributed by atoms with Crippen LogP contribution in [0.3, 0.4) is 0 Å². The standard InChI is InChI=1S/C16H27N5S/c1-2-17-16(18-6-5-15-4-3-11-22-15)19-12-14-13-20-7-9-21(14)10-8-20/h3-4,11,14H,2,5-10,12-13H2,1H3,(H2,17,18,19). The smallest absolute Gasteiger partial charge is 0.191 e. The molecule has 22 heavy (non-hydrogen) atoms. The lowest BCUT2D eigenvalue weighted by atomic mass is 10.1. The Balaban J connectivity index is 1.47. The van der Waals surface area contributed by atoms with Crippen LogP contribution in [-0.4, -0.2) is 74.2 Å². The summed E-state index contributed by atoms with van der Waals surface area (Å²) in [5.74, 6) is 0.955. The fourth-order valence-corrected chi connectivity index (χ4v) is 3.90. The van der Waals surface area contributed by atoms with E-state index in [1.807, 2.05) is 11.3 Å². The summed E-state index contributed by atoms with van der Waals surface area (Å²) in [6.07, 6.45) is 1.06. The molecule has 1 atom stereocenters. The van der Waals surface area contributed by atoms with Crippen LogP contribution in [0.2, 0.25) is 0 Å². The second-order valence-electron chi connectivity index (χ2n) is 5.97. The van der Waals surface area contributed by atoms with Crippen LogP contribution in [0, 0.1) is 0 Å². The van der Waals surface area contributed by atoms with Gasteiger partial charge >= 0.3 is 0 Å². The van der Waals surface area contributed by atoms with Gasteiger partial charge in [-0.25, -0.2) is 0 Å². The summed E-state index contributed by atoms with van der Waals surface area (Å²) >= 11 is 1.82. The van der Waals surface area contributed by atoms with Crippen molar-refractivity contribution in [2.24, 2.45) is 4.99 Å². The molecule has 0 spiro atoms. The van der Waals surface area contributed by atoms with Crippen molar-refractivity contribution in [3.05, 3.63) is 22.4 Å². The number of rotatable bonds is 6. The first-order valence-electron chi connectivity index (χ1n) is 8.36. The summed E-state index contributed by atoms with van der Waals surface area (Å²) in [5.41, 5.74) is 0. The molecule has 0 aromatic carbocycles. The molecule has 1 aromatic rings. The molecule has 0 amide bonds. The fraction of sp³-hybridized carbons (Fsp3) is 0.688. The van der Waals surface area contributed by atoms with E-state index >= 15 is 0 Å². The van der Waals surface area contributed by atoms with Crippen molar-refractivity contribution in [1.82, 2.24) is 20.4 Å². The van der Waals surface area contributed by atoms with Gasteiger partial charge in [0.05, 0.1) is 6.54 Å². The quantitative estimate of drug-likeness (QED) is 0.602. The molecule has 0 aliphatic carbocycles. The molecule has 3 fully saturated rings. The maximum atomic E-state index is 4.80. The summed E-state index contributed by atoms with van der Waals surface area (Å²) in [6, 6.07) is 4.90. The van der Waals surface area contributed by atoms with Crippen molar-refractivity contribution < 1.29 is 0 Å². The van der Waals surface area contributed by atoms with Gasteiger partial charge in [-0.05, 0) is 24.8 Å². The number of nitrogens with one attached hydrogen (secondary N) is 2. The third kappa shape index (κ3) is 4.21. The van der Waals surface area contributed by atoms with Crippen LogP contribution in [0.4, 0.5) is 0 Å². The Morgan fingerprint density at radius 3 is 2.82 bits per heavy atom. The molecule has 3 aliphatic heterocycles. The molecule has 3 aliphatic rings. The molecular weight excluding hydrogens is 294 g/mol. The minimum atomic E-state index is 0.593. The maximum absolute atomic E-state index is 4.80. The first-order chi connectivity index (χ1) is 10.8. The molecule has 6 heteroatoms. The Hall–Kier alpha value is -1.11. The van der Waals surface area contributed by atoms with Gasteiger partial charge < -0.3 is 10.6 Å². The van der Waals surface area contributed by atoms with Crippen molar-refractivity contribution in [3.8, 4) is 0 Å². The van der Waals surface area contributed by atoms with Crippen LogP contribution in [0.15, 0.2) is 22.5 Å². The topological polar surface area (TPSA) is 42.9 Å².